The molecule has 1 amide bonds. The first-order valence-corrected chi connectivity index (χ1v) is 12.6. The topological polar surface area (TPSA) is 137 Å². The smallest absolute Gasteiger partial charge is 0.337 e. The van der Waals surface area contributed by atoms with Crippen molar-refractivity contribution in [2.24, 2.45) is 0 Å². The molecular weight excluding hydrogens is 500 g/mol. The number of methoxy groups -OCH3 is 2. The maximum absolute atomic E-state index is 12.6. The summed E-state index contributed by atoms with van der Waals surface area (Å²) in [6.45, 7) is -0.470. The lowest BCUT2D eigenvalue weighted by Gasteiger charge is -2.14. The lowest BCUT2D eigenvalue weighted by atomic mass is 10.1. The van der Waals surface area contributed by atoms with Crippen LogP contribution in [0.5, 0.6) is 5.75 Å². The van der Waals surface area contributed by atoms with Crippen LogP contribution in [0.3, 0.4) is 0 Å². The fraction of sp³-hybridized carbons (Fsp3) is 0.348. The Morgan fingerprint density at radius 3 is 2.11 bits per heavy atom. The number of hydrogen-bond acceptors (Lipinski definition) is 8. The summed E-state index contributed by atoms with van der Waals surface area (Å²) in [5.41, 5.74) is 0.225. The van der Waals surface area contributed by atoms with Crippen molar-refractivity contribution in [1.29, 1.82) is 0 Å². The predicted molar refractivity (Wildman–Crippen MR) is 127 cm³/mol. The Morgan fingerprint density at radius 2 is 1.57 bits per heavy atom. The van der Waals surface area contributed by atoms with E-state index in [0.717, 1.165) is 25.7 Å². The van der Waals surface area contributed by atoms with Gasteiger partial charge in [0.1, 0.15) is 5.75 Å². The normalized spacial score (nSPS) is 13.8. The molecule has 3 rings (SSSR count). The van der Waals surface area contributed by atoms with Crippen molar-refractivity contribution >= 4 is 45.2 Å². The number of halogens is 1. The second-order valence-corrected chi connectivity index (χ2v) is 9.94. The molecule has 188 valence electrons. The zero-order valence-electron chi connectivity index (χ0n) is 19.1. The van der Waals surface area contributed by atoms with Crippen molar-refractivity contribution < 1.29 is 37.0 Å². The molecule has 1 aliphatic carbocycles. The highest BCUT2D eigenvalue weighted by atomic mass is 35.5. The molecule has 0 radical (unpaired) electrons. The molecule has 0 bridgehead atoms. The van der Waals surface area contributed by atoms with Crippen molar-refractivity contribution in [3.8, 4) is 5.75 Å². The minimum absolute atomic E-state index is 0.00108. The zero-order chi connectivity index (χ0) is 25.6. The van der Waals surface area contributed by atoms with Gasteiger partial charge in [0.25, 0.3) is 5.91 Å². The van der Waals surface area contributed by atoms with Crippen LogP contribution >= 0.6 is 11.6 Å². The van der Waals surface area contributed by atoms with Gasteiger partial charge in [-0.2, -0.15) is 0 Å². The molecule has 10 nitrogen and oxygen atoms in total. The van der Waals surface area contributed by atoms with Crippen molar-refractivity contribution in [1.82, 2.24) is 4.72 Å². The third-order valence-electron chi connectivity index (χ3n) is 5.31. The van der Waals surface area contributed by atoms with Crippen LogP contribution in [0.25, 0.3) is 0 Å². The quantitative estimate of drug-likeness (QED) is 0.477. The van der Waals surface area contributed by atoms with Crippen LogP contribution < -0.4 is 14.8 Å². The summed E-state index contributed by atoms with van der Waals surface area (Å²) in [7, 11) is -1.36. The molecule has 0 aliphatic heterocycles. The first-order valence-electron chi connectivity index (χ1n) is 10.7. The van der Waals surface area contributed by atoms with E-state index in [-0.39, 0.29) is 38.5 Å². The average molecular weight is 525 g/mol. The first-order chi connectivity index (χ1) is 16.6. The van der Waals surface area contributed by atoms with E-state index in [1.807, 2.05) is 0 Å². The Balaban J connectivity index is 1.66. The number of benzene rings is 2. The summed E-state index contributed by atoms with van der Waals surface area (Å²) >= 11 is 6.19. The average Bonchev–Trinajstić information content (AvgIpc) is 3.34. The molecule has 0 saturated heterocycles. The summed E-state index contributed by atoms with van der Waals surface area (Å²) in [6, 6.07) is 7.83. The second kappa shape index (κ2) is 11.5. The fourth-order valence-corrected chi connectivity index (χ4v) is 5.24. The highest BCUT2D eigenvalue weighted by molar-refractivity contribution is 7.89. The SMILES string of the molecule is COC(=O)c1cc(NC(=O)COc2ccc(S(=O)(=O)NC3CCCC3)cc2Cl)cc(C(=O)OC)c1. The van der Waals surface area contributed by atoms with Gasteiger partial charge in [0.05, 0.1) is 35.3 Å². The summed E-state index contributed by atoms with van der Waals surface area (Å²) in [5.74, 6) is -1.91. The molecule has 12 heteroatoms. The minimum atomic E-state index is -3.73. The van der Waals surface area contributed by atoms with Gasteiger partial charge in [0, 0.05) is 11.7 Å². The number of hydrogen-bond donors (Lipinski definition) is 2. The second-order valence-electron chi connectivity index (χ2n) is 7.81. The van der Waals surface area contributed by atoms with Gasteiger partial charge in [-0.25, -0.2) is 22.7 Å². The molecular formula is C23H25ClN2O8S. The monoisotopic (exact) mass is 524 g/mol. The van der Waals surface area contributed by atoms with Crippen LogP contribution in [0.4, 0.5) is 5.69 Å². The van der Waals surface area contributed by atoms with Crippen LogP contribution in [-0.4, -0.2) is 53.1 Å². The van der Waals surface area contributed by atoms with Gasteiger partial charge in [-0.15, -0.1) is 0 Å². The third kappa shape index (κ3) is 6.93. The molecule has 1 fully saturated rings. The van der Waals surface area contributed by atoms with Gasteiger partial charge in [0.2, 0.25) is 10.0 Å². The van der Waals surface area contributed by atoms with E-state index in [4.69, 9.17) is 16.3 Å². The van der Waals surface area contributed by atoms with E-state index in [0.29, 0.717) is 0 Å². The number of carbonyl (C=O) groups excluding carboxylic acids is 3. The molecule has 0 atom stereocenters. The van der Waals surface area contributed by atoms with Crippen molar-refractivity contribution in [3.63, 3.8) is 0 Å². The Kier molecular flexibility index (Phi) is 8.71. The zero-order valence-corrected chi connectivity index (χ0v) is 20.7. The molecule has 35 heavy (non-hydrogen) atoms. The summed E-state index contributed by atoms with van der Waals surface area (Å²) in [6.07, 6.45) is 3.57. The van der Waals surface area contributed by atoms with Crippen LogP contribution in [0, 0.1) is 0 Å². The fourth-order valence-electron chi connectivity index (χ4n) is 3.61. The molecule has 1 aliphatic rings. The van der Waals surface area contributed by atoms with Gasteiger partial charge in [0.15, 0.2) is 6.61 Å². The highest BCUT2D eigenvalue weighted by Crippen LogP contribution is 2.28. The number of esters is 2. The molecule has 2 aromatic rings. The maximum Gasteiger partial charge on any atom is 0.337 e. The third-order valence-corrected chi connectivity index (χ3v) is 7.12. The Bertz CT molecular complexity index is 1190. The standard InChI is InChI=1S/C23H25ClN2O8S/c1-32-22(28)14-9-15(23(29)33-2)11-17(10-14)25-21(27)13-34-20-8-7-18(12-19(20)24)35(30,31)26-16-5-3-4-6-16/h7-12,16,26H,3-6,13H2,1-2H3,(H,25,27). The van der Waals surface area contributed by atoms with Crippen molar-refractivity contribution in [3.05, 3.63) is 52.5 Å². The Hall–Kier alpha value is -3.15. The lowest BCUT2D eigenvalue weighted by molar-refractivity contribution is -0.118. The van der Waals surface area contributed by atoms with Gasteiger partial charge in [-0.1, -0.05) is 24.4 Å². The number of amides is 1. The van der Waals surface area contributed by atoms with Gasteiger partial charge in [-0.05, 0) is 49.2 Å². The largest absolute Gasteiger partial charge is 0.482 e. The van der Waals surface area contributed by atoms with E-state index in [2.05, 4.69) is 19.5 Å². The molecule has 2 aromatic carbocycles. The van der Waals surface area contributed by atoms with E-state index in [1.54, 1.807) is 0 Å². The Morgan fingerprint density at radius 1 is 0.971 bits per heavy atom. The number of nitrogens with one attached hydrogen (secondary N) is 2. The molecule has 0 heterocycles. The summed E-state index contributed by atoms with van der Waals surface area (Å²) in [4.78, 5) is 36.2. The minimum Gasteiger partial charge on any atom is -0.482 e. The summed E-state index contributed by atoms with van der Waals surface area (Å²) in [5, 5.41) is 2.54. The van der Waals surface area contributed by atoms with Crippen molar-refractivity contribution in [2.75, 3.05) is 26.1 Å². The highest BCUT2D eigenvalue weighted by Gasteiger charge is 2.24. The number of rotatable bonds is 9. The molecule has 0 aromatic heterocycles. The van der Waals surface area contributed by atoms with E-state index < -0.39 is 34.5 Å². The molecule has 0 unspecified atom stereocenters. The van der Waals surface area contributed by atoms with E-state index in [1.165, 1.54) is 50.6 Å². The number of anilines is 1. The van der Waals surface area contributed by atoms with Crippen molar-refractivity contribution in [2.45, 2.75) is 36.6 Å². The van der Waals surface area contributed by atoms with E-state index in [9.17, 15) is 22.8 Å². The Labute approximate surface area is 207 Å². The predicted octanol–water partition coefficient (Wildman–Crippen LogP) is 3.15. The van der Waals surface area contributed by atoms with E-state index >= 15 is 0 Å². The number of carbonyl (C=O) groups is 3. The first kappa shape index (κ1) is 26.5. The maximum atomic E-state index is 12.6. The van der Waals surface area contributed by atoms with Gasteiger partial charge >= 0.3 is 11.9 Å². The molecule has 0 spiro atoms. The number of sulfonamides is 1. The van der Waals surface area contributed by atoms with Crippen LogP contribution in [0.1, 0.15) is 46.4 Å². The van der Waals surface area contributed by atoms with Crippen LogP contribution in [0.2, 0.25) is 5.02 Å². The summed E-state index contributed by atoms with van der Waals surface area (Å²) < 4.78 is 42.6. The van der Waals surface area contributed by atoms with Crippen LogP contribution in [-0.2, 0) is 24.3 Å². The van der Waals surface area contributed by atoms with Gasteiger partial charge < -0.3 is 19.5 Å². The van der Waals surface area contributed by atoms with Gasteiger partial charge in [-0.3, -0.25) is 4.79 Å². The number of ether oxygens (including phenoxy) is 3. The molecule has 2 N–H and O–H groups in total. The molecule has 1 saturated carbocycles. The lowest BCUT2D eigenvalue weighted by Crippen LogP contribution is -2.32. The van der Waals surface area contributed by atoms with Crippen LogP contribution in [0.15, 0.2) is 41.3 Å².